The van der Waals surface area contributed by atoms with Gasteiger partial charge in [-0.2, -0.15) is 5.10 Å². The maximum absolute atomic E-state index is 15.0. The zero-order valence-electron chi connectivity index (χ0n) is 34.2. The number of benzene rings is 2. The van der Waals surface area contributed by atoms with Crippen molar-refractivity contribution in [3.05, 3.63) is 70.5 Å². The quantitative estimate of drug-likeness (QED) is 0.188. The molecule has 1 unspecified atom stereocenters. The summed E-state index contributed by atoms with van der Waals surface area (Å²) in [6.45, 7) is 9.58. The second-order valence-corrected chi connectivity index (χ2v) is 19.4. The number of carbonyl (C=O) groups is 2. The summed E-state index contributed by atoms with van der Waals surface area (Å²) in [7, 11) is -2.17. The number of rotatable bonds is 9. The lowest BCUT2D eigenvalue weighted by molar-refractivity contribution is -0.00930. The van der Waals surface area contributed by atoms with Crippen LogP contribution in [0.1, 0.15) is 128 Å². The van der Waals surface area contributed by atoms with Crippen LogP contribution in [0.25, 0.3) is 33.8 Å². The first-order valence-electron chi connectivity index (χ1n) is 21.4. The Morgan fingerprint density at radius 1 is 0.931 bits per heavy atom. The van der Waals surface area contributed by atoms with E-state index in [1.807, 2.05) is 18.2 Å². The van der Waals surface area contributed by atoms with Crippen LogP contribution in [0.5, 0.6) is 5.75 Å². The first-order chi connectivity index (χ1) is 28.1. The maximum atomic E-state index is 15.0. The van der Waals surface area contributed by atoms with E-state index in [0.29, 0.717) is 43.8 Å². The molecule has 0 spiro atoms. The molecule has 13 heteroatoms. The van der Waals surface area contributed by atoms with Crippen LogP contribution in [-0.2, 0) is 21.3 Å². The van der Waals surface area contributed by atoms with Crippen LogP contribution in [0.4, 0.5) is 0 Å². The fraction of sp³-hybridized carbons (Fsp3) is 0.533. The largest absolute Gasteiger partial charge is 0.497 e. The standard InChI is InChI=1S/C45H56N6O6S/c1-5-48-26-35-13-12-34(48)27-49(35)45(53)39-24-46-51(33-17-19-57-20-18-33)42(39)32-21-31-22-36(56-4)14-16-37(31)43-41(29-9-7-6-8-10-29)38-15-11-30(23-40(38)50(43)25-32)44(52)47-58(54,55)28(2)3/h11,14-16,21-24,28-29,33-35H,5-10,12-13,17-20,25-27H2,1-4H3,(H,47,52)/t34-,35?/m0/s1. The van der Waals surface area contributed by atoms with Gasteiger partial charge in [-0.25, -0.2) is 13.1 Å². The van der Waals surface area contributed by atoms with E-state index in [1.165, 1.54) is 12.0 Å². The van der Waals surface area contributed by atoms with Gasteiger partial charge in [0.2, 0.25) is 10.0 Å². The molecule has 10 rings (SSSR count). The molecule has 1 aliphatic carbocycles. The molecule has 5 fully saturated rings. The Hall–Kier alpha value is -4.46. The van der Waals surface area contributed by atoms with Gasteiger partial charge in [-0.15, -0.1) is 0 Å². The third kappa shape index (κ3) is 6.86. The summed E-state index contributed by atoms with van der Waals surface area (Å²) >= 11 is 0. The van der Waals surface area contributed by atoms with Gasteiger partial charge in [0.25, 0.3) is 11.8 Å². The molecule has 0 radical (unpaired) electrons. The van der Waals surface area contributed by atoms with Gasteiger partial charge in [0.05, 0.1) is 48.1 Å². The van der Waals surface area contributed by atoms with E-state index >= 15 is 4.79 Å². The Morgan fingerprint density at radius 2 is 1.71 bits per heavy atom. The first kappa shape index (κ1) is 39.0. The van der Waals surface area contributed by atoms with Gasteiger partial charge in [0, 0.05) is 60.4 Å². The zero-order valence-corrected chi connectivity index (χ0v) is 35.0. The molecule has 58 heavy (non-hydrogen) atoms. The molecule has 4 aromatic rings. The van der Waals surface area contributed by atoms with Crippen LogP contribution in [-0.4, -0.2) is 102 Å². The average molecular weight is 809 g/mol. The summed E-state index contributed by atoms with van der Waals surface area (Å²) in [6.07, 6.45) is 13.3. The van der Waals surface area contributed by atoms with Gasteiger partial charge in [0.15, 0.2) is 0 Å². The number of methoxy groups -OCH3 is 1. The van der Waals surface area contributed by atoms with Gasteiger partial charge in [-0.1, -0.05) is 32.3 Å². The number of nitrogens with one attached hydrogen (secondary N) is 1. The van der Waals surface area contributed by atoms with Crippen molar-refractivity contribution in [1.82, 2.24) is 28.9 Å². The van der Waals surface area contributed by atoms with Gasteiger partial charge >= 0.3 is 0 Å². The molecule has 5 aliphatic heterocycles. The number of ether oxygens (including phenoxy) is 2. The Balaban J connectivity index is 1.25. The van der Waals surface area contributed by atoms with Crippen molar-refractivity contribution < 1.29 is 27.5 Å². The lowest BCUT2D eigenvalue weighted by atomic mass is 9.81. The van der Waals surface area contributed by atoms with E-state index in [1.54, 1.807) is 33.2 Å². The molecular weight excluding hydrogens is 753 g/mol. The molecule has 4 saturated heterocycles. The predicted molar refractivity (Wildman–Crippen MR) is 226 cm³/mol. The van der Waals surface area contributed by atoms with E-state index in [9.17, 15) is 13.2 Å². The number of nitrogens with zero attached hydrogens (tertiary/aromatic N) is 5. The van der Waals surface area contributed by atoms with Crippen molar-refractivity contribution in [1.29, 1.82) is 0 Å². The third-order valence-corrected chi connectivity index (χ3v) is 15.3. The predicted octanol–water partition coefficient (Wildman–Crippen LogP) is 7.24. The van der Waals surface area contributed by atoms with Gasteiger partial charge in [0.1, 0.15) is 5.75 Å². The highest BCUT2D eigenvalue weighted by Gasteiger charge is 2.42. The van der Waals surface area contributed by atoms with Crippen LogP contribution in [0.2, 0.25) is 0 Å². The van der Waals surface area contributed by atoms with Crippen LogP contribution in [0.3, 0.4) is 0 Å². The molecule has 2 aromatic heterocycles. The molecule has 7 heterocycles. The lowest BCUT2D eigenvalue weighted by Crippen LogP contribution is -2.63. The summed E-state index contributed by atoms with van der Waals surface area (Å²) in [4.78, 5) is 33.3. The summed E-state index contributed by atoms with van der Waals surface area (Å²) in [5.74, 6) is 0.429. The molecule has 6 aliphatic rings. The maximum Gasteiger partial charge on any atom is 0.264 e. The Kier molecular flexibility index (Phi) is 10.5. The van der Waals surface area contributed by atoms with E-state index < -0.39 is 21.2 Å². The minimum absolute atomic E-state index is 0.0283. The molecule has 1 N–H and O–H groups in total. The summed E-state index contributed by atoms with van der Waals surface area (Å²) in [5, 5.41) is 5.35. The number of fused-ring (bicyclic) bond motifs is 8. The number of piperidine rings is 2. The van der Waals surface area contributed by atoms with Crippen molar-refractivity contribution in [2.45, 2.75) is 114 Å². The Bertz CT molecular complexity index is 2380. The number of hydrogen-bond acceptors (Lipinski definition) is 8. The van der Waals surface area contributed by atoms with Crippen LogP contribution >= 0.6 is 0 Å². The van der Waals surface area contributed by atoms with Crippen molar-refractivity contribution in [3.8, 4) is 17.0 Å². The lowest BCUT2D eigenvalue weighted by Gasteiger charge is -2.51. The van der Waals surface area contributed by atoms with E-state index in [-0.39, 0.29) is 23.6 Å². The van der Waals surface area contributed by atoms with Crippen LogP contribution < -0.4 is 9.46 Å². The molecule has 2 bridgehead atoms. The fourth-order valence-electron chi connectivity index (χ4n) is 10.4. The fourth-order valence-corrected chi connectivity index (χ4v) is 11.0. The van der Waals surface area contributed by atoms with Gasteiger partial charge in [-0.3, -0.25) is 19.2 Å². The number of piperazine rings is 1. The van der Waals surface area contributed by atoms with E-state index in [2.05, 4.69) is 48.9 Å². The first-order valence-corrected chi connectivity index (χ1v) is 22.9. The molecule has 2 aromatic carbocycles. The smallest absolute Gasteiger partial charge is 0.264 e. The van der Waals surface area contributed by atoms with E-state index in [4.69, 9.17) is 14.6 Å². The number of hydrogen-bond donors (Lipinski definition) is 1. The monoisotopic (exact) mass is 808 g/mol. The molecule has 2 atom stereocenters. The Labute approximate surface area is 341 Å². The number of allylic oxidation sites excluding steroid dienone is 1. The van der Waals surface area contributed by atoms with Crippen molar-refractivity contribution in [2.24, 2.45) is 0 Å². The highest BCUT2D eigenvalue weighted by Crippen LogP contribution is 2.48. The molecule has 12 nitrogen and oxygen atoms in total. The average Bonchev–Trinajstić information content (AvgIpc) is 3.78. The molecule has 2 amide bonds. The molecule has 308 valence electrons. The highest BCUT2D eigenvalue weighted by molar-refractivity contribution is 7.90. The molecular formula is C45H56N6O6S. The topological polar surface area (TPSA) is 128 Å². The van der Waals surface area contributed by atoms with Crippen LogP contribution in [0.15, 0.2) is 42.6 Å². The summed E-state index contributed by atoms with van der Waals surface area (Å²) in [6, 6.07) is 12.4. The minimum atomic E-state index is -3.85. The number of amides is 2. The second kappa shape index (κ2) is 15.6. The third-order valence-electron chi connectivity index (χ3n) is 13.6. The van der Waals surface area contributed by atoms with Gasteiger partial charge in [-0.05, 0) is 118 Å². The highest BCUT2D eigenvalue weighted by atomic mass is 32.2. The number of carbonyl (C=O) groups excluding carboxylic acids is 2. The van der Waals surface area contributed by atoms with Gasteiger partial charge < -0.3 is 18.9 Å². The van der Waals surface area contributed by atoms with E-state index in [0.717, 1.165) is 109 Å². The summed E-state index contributed by atoms with van der Waals surface area (Å²) < 4.78 is 44.1. The van der Waals surface area contributed by atoms with Crippen LogP contribution in [0, 0.1) is 0 Å². The number of likely N-dealkylation sites (N-methyl/N-ethyl adjacent to an activating group) is 1. The van der Waals surface area contributed by atoms with Crippen molar-refractivity contribution in [2.75, 3.05) is 40.0 Å². The zero-order chi connectivity index (χ0) is 40.3. The number of sulfonamides is 1. The molecule has 1 saturated carbocycles. The summed E-state index contributed by atoms with van der Waals surface area (Å²) in [5.41, 5.74) is 7.92. The number of aromatic nitrogens is 3. The minimum Gasteiger partial charge on any atom is -0.497 e. The van der Waals surface area contributed by atoms with Crippen molar-refractivity contribution >= 4 is 44.4 Å². The van der Waals surface area contributed by atoms with Crippen molar-refractivity contribution in [3.63, 3.8) is 0 Å². The SMILES string of the molecule is CCN1CC2CC[C@H]1CN2C(=O)c1cnn(C2CCOCC2)c1C1=Cc2cc(OC)ccc2-c2c(C3CCCCC3)c3ccc(C(=O)NS(=O)(=O)C(C)C)cc3n2C1. The normalized spacial score (nSPS) is 21.8. The Morgan fingerprint density at radius 3 is 2.41 bits per heavy atom. The second-order valence-electron chi connectivity index (χ2n) is 17.2.